The molecule has 2 aromatic heterocycles. The van der Waals surface area contributed by atoms with Gasteiger partial charge in [-0.1, -0.05) is 13.8 Å². The highest BCUT2D eigenvalue weighted by Crippen LogP contribution is 2.42. The van der Waals surface area contributed by atoms with E-state index in [1.807, 2.05) is 24.3 Å². The van der Waals surface area contributed by atoms with Crippen LogP contribution in [0.25, 0.3) is 22.3 Å². The number of aryl methyl sites for hydroxylation is 1. The maximum atomic E-state index is 13.4. The highest BCUT2D eigenvalue weighted by atomic mass is 32.1. The van der Waals surface area contributed by atoms with Gasteiger partial charge in [0.15, 0.2) is 0 Å². The lowest BCUT2D eigenvalue weighted by Gasteiger charge is -2.34. The number of carbonyl (C=O) groups excluding carboxylic acids is 1. The zero-order valence-electron chi connectivity index (χ0n) is 17.5. The number of esters is 1. The fourth-order valence-electron chi connectivity index (χ4n) is 4.81. The maximum absolute atomic E-state index is 13.4. The van der Waals surface area contributed by atoms with Crippen molar-refractivity contribution in [3.8, 4) is 17.1 Å². The van der Waals surface area contributed by atoms with Crippen molar-refractivity contribution in [3.05, 3.63) is 56.9 Å². The van der Waals surface area contributed by atoms with E-state index >= 15 is 0 Å². The average molecular weight is 439 g/mol. The number of ether oxygens (including phenoxy) is 2. The molecule has 0 unspecified atom stereocenters. The second-order valence-electron chi connectivity index (χ2n) is 7.82. The fourth-order valence-corrected chi connectivity index (χ4v) is 5.11. The van der Waals surface area contributed by atoms with Gasteiger partial charge >= 0.3 is 5.97 Å². The number of pyridine rings is 2. The number of rotatable bonds is 4. The molecule has 2 aliphatic heterocycles. The maximum Gasteiger partial charge on any atom is 0.344 e. The Hall–Kier alpha value is -2.84. The van der Waals surface area contributed by atoms with E-state index in [4.69, 9.17) is 18.6 Å². The van der Waals surface area contributed by atoms with E-state index < -0.39 is 11.6 Å². The Morgan fingerprint density at radius 3 is 2.71 bits per heavy atom. The molecule has 0 spiro atoms. The minimum Gasteiger partial charge on any atom is -0.497 e. The van der Waals surface area contributed by atoms with Crippen LogP contribution in [0.4, 0.5) is 0 Å². The second-order valence-corrected chi connectivity index (χ2v) is 8.00. The van der Waals surface area contributed by atoms with Crippen LogP contribution >= 0.6 is 12.9 Å². The van der Waals surface area contributed by atoms with Crippen LogP contribution in [0, 0.1) is 0 Å². The van der Waals surface area contributed by atoms with E-state index in [2.05, 4.69) is 19.8 Å². The van der Waals surface area contributed by atoms with Crippen LogP contribution in [0.3, 0.4) is 0 Å². The lowest BCUT2D eigenvalue weighted by molar-refractivity contribution is -0.167. The first kappa shape index (κ1) is 20.1. The molecule has 1 atom stereocenters. The third kappa shape index (κ3) is 2.61. The van der Waals surface area contributed by atoms with Crippen LogP contribution in [0.2, 0.25) is 0 Å². The molecular weight excluding hydrogens is 416 g/mol. The topological polar surface area (TPSA) is 79.6 Å². The Morgan fingerprint density at radius 1 is 1.23 bits per heavy atom. The number of methoxy groups -OCH3 is 1. The zero-order chi connectivity index (χ0) is 21.9. The number of carbonyl (C=O) groups is 1. The van der Waals surface area contributed by atoms with Crippen LogP contribution < -0.4 is 10.3 Å². The molecule has 0 saturated heterocycles. The largest absolute Gasteiger partial charge is 0.497 e. The van der Waals surface area contributed by atoms with Gasteiger partial charge in [0, 0.05) is 16.5 Å². The Kier molecular flexibility index (Phi) is 4.60. The number of thiol groups is 1. The molecule has 160 valence electrons. The summed E-state index contributed by atoms with van der Waals surface area (Å²) in [7, 11) is 1.64. The number of aromatic nitrogens is 2. The smallest absolute Gasteiger partial charge is 0.344 e. The minimum atomic E-state index is -1.41. The summed E-state index contributed by atoms with van der Waals surface area (Å²) in [6, 6.07) is 7.65. The first-order chi connectivity index (χ1) is 15.0. The first-order valence-electron chi connectivity index (χ1n) is 10.3. The van der Waals surface area contributed by atoms with Crippen LogP contribution in [-0.2, 0) is 38.9 Å². The molecule has 4 heterocycles. The molecule has 3 aromatic rings. The highest BCUT2D eigenvalue weighted by molar-refractivity contribution is 7.75. The van der Waals surface area contributed by atoms with E-state index in [1.54, 1.807) is 18.6 Å². The summed E-state index contributed by atoms with van der Waals surface area (Å²) in [5.74, 6) is 0.231. The molecule has 31 heavy (non-hydrogen) atoms. The second kappa shape index (κ2) is 7.10. The monoisotopic (exact) mass is 438 g/mol. The van der Waals surface area contributed by atoms with E-state index in [-0.39, 0.29) is 12.2 Å². The number of cyclic esters (lactones) is 1. The van der Waals surface area contributed by atoms with Crippen molar-refractivity contribution in [1.82, 2.24) is 9.55 Å². The molecule has 0 fully saturated rings. The Balaban J connectivity index is 1.82. The number of benzene rings is 1. The van der Waals surface area contributed by atoms with Crippen molar-refractivity contribution in [3.63, 3.8) is 0 Å². The third-order valence-electron chi connectivity index (χ3n) is 6.49. The normalized spacial score (nSPS) is 19.0. The van der Waals surface area contributed by atoms with E-state index in [0.29, 0.717) is 29.8 Å². The van der Waals surface area contributed by atoms with Crippen LogP contribution in [0.5, 0.6) is 5.75 Å². The van der Waals surface area contributed by atoms with Crippen molar-refractivity contribution in [2.45, 2.75) is 45.4 Å². The van der Waals surface area contributed by atoms with Gasteiger partial charge < -0.3 is 14.0 Å². The number of hydrogen-bond acceptors (Lipinski definition) is 7. The van der Waals surface area contributed by atoms with E-state index in [0.717, 1.165) is 39.9 Å². The summed E-state index contributed by atoms with van der Waals surface area (Å²) in [6.07, 6.45) is 1.08. The van der Waals surface area contributed by atoms with Crippen LogP contribution in [0.1, 0.15) is 42.5 Å². The van der Waals surface area contributed by atoms with Gasteiger partial charge in [0.2, 0.25) is 5.60 Å². The summed E-state index contributed by atoms with van der Waals surface area (Å²) in [6.45, 7) is 4.25. The quantitative estimate of drug-likeness (QED) is 0.298. The Labute approximate surface area is 184 Å². The molecule has 0 amide bonds. The molecule has 0 radical (unpaired) electrons. The van der Waals surface area contributed by atoms with Gasteiger partial charge in [0.05, 0.1) is 36.1 Å². The van der Waals surface area contributed by atoms with Gasteiger partial charge in [-0.2, -0.15) is 0 Å². The van der Waals surface area contributed by atoms with Crippen LogP contribution in [-0.4, -0.2) is 22.6 Å². The van der Waals surface area contributed by atoms with Crippen molar-refractivity contribution in [2.24, 2.45) is 0 Å². The van der Waals surface area contributed by atoms with Gasteiger partial charge in [-0.15, -0.1) is 0 Å². The standard InChI is InChI=1S/C23H22N2O5S/c1-4-13-14-8-12(28-3)6-7-18(14)24-20-15(13)10-25-19(20)9-17-16(21(25)26)11-29-22(27)23(17,5-2)30-31/h6-9,31H,4-5,10-11H2,1-3H3/t23-/m0/s1. The minimum absolute atomic E-state index is 0.0737. The SMILES string of the molecule is CCc1c2c(nc3ccc(OC)cc13)-c1cc3c(c(=O)n1C2)COC(=O)[C@@]3(CC)OS. The fraction of sp³-hybridized carbons (Fsp3) is 0.348. The molecular formula is C23H22N2O5S. The summed E-state index contributed by atoms with van der Waals surface area (Å²) < 4.78 is 17.8. The molecule has 8 heteroatoms. The van der Waals surface area contributed by atoms with Gasteiger partial charge in [0.1, 0.15) is 12.4 Å². The lowest BCUT2D eigenvalue weighted by atomic mass is 9.86. The molecule has 7 nitrogen and oxygen atoms in total. The van der Waals surface area contributed by atoms with Gasteiger partial charge in [-0.05, 0) is 55.6 Å². The predicted molar refractivity (Wildman–Crippen MR) is 118 cm³/mol. The number of hydrogen-bond donors (Lipinski definition) is 1. The Bertz CT molecular complexity index is 1310. The molecule has 2 aliphatic rings. The summed E-state index contributed by atoms with van der Waals surface area (Å²) in [5.41, 5.74) is 3.78. The summed E-state index contributed by atoms with van der Waals surface area (Å²) in [4.78, 5) is 30.9. The molecule has 0 bridgehead atoms. The molecule has 0 N–H and O–H groups in total. The number of nitrogens with zero attached hydrogens (tertiary/aromatic N) is 2. The zero-order valence-corrected chi connectivity index (χ0v) is 18.4. The highest BCUT2D eigenvalue weighted by Gasteiger charge is 2.48. The molecule has 1 aromatic carbocycles. The number of fused-ring (bicyclic) bond motifs is 5. The molecule has 0 saturated carbocycles. The van der Waals surface area contributed by atoms with Crippen molar-refractivity contribution >= 4 is 29.8 Å². The lowest BCUT2D eigenvalue weighted by Crippen LogP contribution is -2.45. The molecule has 0 aliphatic carbocycles. The van der Waals surface area contributed by atoms with Crippen molar-refractivity contribution < 1.29 is 18.5 Å². The van der Waals surface area contributed by atoms with E-state index in [1.165, 1.54) is 0 Å². The third-order valence-corrected chi connectivity index (χ3v) is 6.80. The van der Waals surface area contributed by atoms with Crippen molar-refractivity contribution in [1.29, 1.82) is 0 Å². The average Bonchev–Trinajstić information content (AvgIpc) is 3.16. The van der Waals surface area contributed by atoms with Gasteiger partial charge in [0.25, 0.3) is 5.56 Å². The van der Waals surface area contributed by atoms with Crippen LogP contribution in [0.15, 0.2) is 29.1 Å². The summed E-state index contributed by atoms with van der Waals surface area (Å²) >= 11 is 3.97. The van der Waals surface area contributed by atoms with Crippen molar-refractivity contribution in [2.75, 3.05) is 7.11 Å². The van der Waals surface area contributed by atoms with Gasteiger partial charge in [-0.3, -0.25) is 8.98 Å². The predicted octanol–water partition coefficient (Wildman–Crippen LogP) is 3.52. The van der Waals surface area contributed by atoms with E-state index in [9.17, 15) is 9.59 Å². The first-order valence-corrected chi connectivity index (χ1v) is 10.6. The molecule has 5 rings (SSSR count). The summed E-state index contributed by atoms with van der Waals surface area (Å²) in [5, 5.41) is 1.02. The van der Waals surface area contributed by atoms with Gasteiger partial charge in [-0.25, -0.2) is 9.78 Å². The Morgan fingerprint density at radius 2 is 2.03 bits per heavy atom.